The SMILES string of the molecule is C=CCNC(=O)c1sc(NC(=O)Nc2ccccc2)nc1C. The summed E-state index contributed by atoms with van der Waals surface area (Å²) in [7, 11) is 0. The highest BCUT2D eigenvalue weighted by atomic mass is 32.1. The fourth-order valence-corrected chi connectivity index (χ4v) is 2.56. The molecule has 1 aromatic heterocycles. The van der Waals surface area contributed by atoms with Gasteiger partial charge in [0.15, 0.2) is 5.13 Å². The van der Waals surface area contributed by atoms with Crippen LogP contribution in [0.1, 0.15) is 15.4 Å². The summed E-state index contributed by atoms with van der Waals surface area (Å²) in [5.41, 5.74) is 1.25. The molecule has 2 rings (SSSR count). The molecule has 0 saturated carbocycles. The molecular weight excluding hydrogens is 300 g/mol. The molecule has 1 heterocycles. The zero-order valence-corrected chi connectivity index (χ0v) is 12.9. The highest BCUT2D eigenvalue weighted by molar-refractivity contribution is 7.17. The second-order valence-electron chi connectivity index (χ2n) is 4.38. The molecule has 0 radical (unpaired) electrons. The summed E-state index contributed by atoms with van der Waals surface area (Å²) in [6.07, 6.45) is 1.60. The van der Waals surface area contributed by atoms with Crippen molar-refractivity contribution in [1.29, 1.82) is 0 Å². The molecule has 0 aliphatic rings. The number of hydrogen-bond acceptors (Lipinski definition) is 4. The quantitative estimate of drug-likeness (QED) is 0.741. The minimum atomic E-state index is -0.405. The Kier molecular flexibility index (Phi) is 5.26. The van der Waals surface area contributed by atoms with Gasteiger partial charge in [0.2, 0.25) is 0 Å². The summed E-state index contributed by atoms with van der Waals surface area (Å²) in [6.45, 7) is 5.65. The van der Waals surface area contributed by atoms with Crippen LogP contribution in [-0.4, -0.2) is 23.5 Å². The summed E-state index contributed by atoms with van der Waals surface area (Å²) >= 11 is 1.13. The fourth-order valence-electron chi connectivity index (χ4n) is 1.69. The van der Waals surface area contributed by atoms with Crippen molar-refractivity contribution in [2.24, 2.45) is 0 Å². The van der Waals surface area contributed by atoms with E-state index in [-0.39, 0.29) is 5.91 Å². The predicted molar refractivity (Wildman–Crippen MR) is 88.5 cm³/mol. The van der Waals surface area contributed by atoms with E-state index in [0.29, 0.717) is 27.9 Å². The number of rotatable bonds is 5. The molecule has 3 N–H and O–H groups in total. The van der Waals surface area contributed by atoms with Crippen LogP contribution in [0.5, 0.6) is 0 Å². The Morgan fingerprint density at radius 1 is 1.27 bits per heavy atom. The van der Waals surface area contributed by atoms with E-state index in [9.17, 15) is 9.59 Å². The third-order valence-corrected chi connectivity index (χ3v) is 3.73. The Balaban J connectivity index is 2.00. The van der Waals surface area contributed by atoms with E-state index >= 15 is 0 Å². The van der Waals surface area contributed by atoms with Crippen molar-refractivity contribution in [3.05, 3.63) is 53.6 Å². The van der Waals surface area contributed by atoms with Crippen LogP contribution in [0.15, 0.2) is 43.0 Å². The number of amides is 3. The number of anilines is 2. The van der Waals surface area contributed by atoms with Crippen molar-refractivity contribution < 1.29 is 9.59 Å². The lowest BCUT2D eigenvalue weighted by Gasteiger charge is -2.04. The van der Waals surface area contributed by atoms with Gasteiger partial charge in [0.05, 0.1) is 5.69 Å². The minimum absolute atomic E-state index is 0.230. The maximum atomic E-state index is 11.9. The van der Waals surface area contributed by atoms with Crippen molar-refractivity contribution in [1.82, 2.24) is 10.3 Å². The summed E-state index contributed by atoms with van der Waals surface area (Å²) in [6, 6.07) is 8.66. The van der Waals surface area contributed by atoms with Gasteiger partial charge in [0, 0.05) is 12.2 Å². The number of nitrogens with zero attached hydrogens (tertiary/aromatic N) is 1. The molecule has 3 amide bonds. The topological polar surface area (TPSA) is 83.1 Å². The molecule has 0 atom stereocenters. The van der Waals surface area contributed by atoms with E-state index < -0.39 is 6.03 Å². The Bertz CT molecular complexity index is 682. The normalized spacial score (nSPS) is 9.86. The van der Waals surface area contributed by atoms with Crippen LogP contribution in [0.2, 0.25) is 0 Å². The first-order valence-electron chi connectivity index (χ1n) is 6.59. The number of para-hydroxylation sites is 1. The molecule has 22 heavy (non-hydrogen) atoms. The summed E-state index contributed by atoms with van der Waals surface area (Å²) < 4.78 is 0. The summed E-state index contributed by atoms with van der Waals surface area (Å²) in [5.74, 6) is -0.230. The van der Waals surface area contributed by atoms with Crippen LogP contribution in [-0.2, 0) is 0 Å². The van der Waals surface area contributed by atoms with Crippen molar-refractivity contribution in [3.8, 4) is 0 Å². The Morgan fingerprint density at radius 2 is 2.00 bits per heavy atom. The molecule has 1 aromatic carbocycles. The second kappa shape index (κ2) is 7.37. The van der Waals surface area contributed by atoms with Gasteiger partial charge < -0.3 is 10.6 Å². The van der Waals surface area contributed by atoms with Gasteiger partial charge >= 0.3 is 6.03 Å². The van der Waals surface area contributed by atoms with E-state index in [1.165, 1.54) is 0 Å². The van der Waals surface area contributed by atoms with Crippen LogP contribution in [0, 0.1) is 6.92 Å². The lowest BCUT2D eigenvalue weighted by atomic mass is 10.3. The number of carbonyl (C=O) groups excluding carboxylic acids is 2. The third kappa shape index (κ3) is 4.16. The molecule has 0 unspecified atom stereocenters. The Morgan fingerprint density at radius 3 is 2.68 bits per heavy atom. The Labute approximate surface area is 132 Å². The van der Waals surface area contributed by atoms with Crippen molar-refractivity contribution >= 4 is 34.1 Å². The van der Waals surface area contributed by atoms with Gasteiger partial charge in [-0.1, -0.05) is 35.6 Å². The number of aromatic nitrogens is 1. The number of nitrogens with one attached hydrogen (secondary N) is 3. The molecule has 2 aromatic rings. The maximum Gasteiger partial charge on any atom is 0.325 e. The first kappa shape index (κ1) is 15.7. The van der Waals surface area contributed by atoms with E-state index in [1.54, 1.807) is 25.1 Å². The average Bonchev–Trinajstić information content (AvgIpc) is 2.86. The minimum Gasteiger partial charge on any atom is -0.348 e. The fraction of sp³-hybridized carbons (Fsp3) is 0.133. The van der Waals surface area contributed by atoms with Gasteiger partial charge in [0.25, 0.3) is 5.91 Å². The molecule has 6 nitrogen and oxygen atoms in total. The van der Waals surface area contributed by atoms with Crippen LogP contribution in [0.4, 0.5) is 15.6 Å². The number of urea groups is 1. The van der Waals surface area contributed by atoms with E-state index in [4.69, 9.17) is 0 Å². The van der Waals surface area contributed by atoms with Crippen LogP contribution in [0.3, 0.4) is 0 Å². The molecule has 0 spiro atoms. The summed E-state index contributed by atoms with van der Waals surface area (Å²) in [5, 5.41) is 8.36. The van der Waals surface area contributed by atoms with E-state index in [0.717, 1.165) is 11.3 Å². The van der Waals surface area contributed by atoms with E-state index in [2.05, 4.69) is 27.5 Å². The smallest absolute Gasteiger partial charge is 0.325 e. The molecule has 114 valence electrons. The van der Waals surface area contributed by atoms with Gasteiger partial charge in [-0.25, -0.2) is 9.78 Å². The molecule has 0 saturated heterocycles. The van der Waals surface area contributed by atoms with Gasteiger partial charge in [-0.15, -0.1) is 6.58 Å². The molecule has 7 heteroatoms. The highest BCUT2D eigenvalue weighted by Gasteiger charge is 2.15. The lowest BCUT2D eigenvalue weighted by molar-refractivity contribution is 0.0961. The molecule has 0 aliphatic carbocycles. The highest BCUT2D eigenvalue weighted by Crippen LogP contribution is 2.22. The number of carbonyl (C=O) groups is 2. The maximum absolute atomic E-state index is 11.9. The molecule has 0 fully saturated rings. The summed E-state index contributed by atoms with van der Waals surface area (Å²) in [4.78, 5) is 28.4. The first-order chi connectivity index (χ1) is 10.6. The zero-order valence-electron chi connectivity index (χ0n) is 12.1. The van der Waals surface area contributed by atoms with Crippen molar-refractivity contribution in [2.75, 3.05) is 17.2 Å². The van der Waals surface area contributed by atoms with Gasteiger partial charge in [0.1, 0.15) is 4.88 Å². The van der Waals surface area contributed by atoms with Crippen LogP contribution >= 0.6 is 11.3 Å². The Hall–Kier alpha value is -2.67. The first-order valence-corrected chi connectivity index (χ1v) is 7.41. The molecular formula is C15H16N4O2S. The monoisotopic (exact) mass is 316 g/mol. The van der Waals surface area contributed by atoms with Crippen LogP contribution in [0.25, 0.3) is 0 Å². The standard InChI is InChI=1S/C15H16N4O2S/c1-3-9-16-13(20)12-10(2)17-15(22-12)19-14(21)18-11-7-5-4-6-8-11/h3-8H,1,9H2,2H3,(H,16,20)(H2,17,18,19,21). The zero-order chi connectivity index (χ0) is 15.9. The second-order valence-corrected chi connectivity index (χ2v) is 5.38. The predicted octanol–water partition coefficient (Wildman–Crippen LogP) is 3.01. The van der Waals surface area contributed by atoms with Gasteiger partial charge in [-0.05, 0) is 19.1 Å². The number of thiazole rings is 1. The van der Waals surface area contributed by atoms with E-state index in [1.807, 2.05) is 18.2 Å². The largest absolute Gasteiger partial charge is 0.348 e. The van der Waals surface area contributed by atoms with Crippen molar-refractivity contribution in [2.45, 2.75) is 6.92 Å². The van der Waals surface area contributed by atoms with Gasteiger partial charge in [-0.3, -0.25) is 10.1 Å². The average molecular weight is 316 g/mol. The lowest BCUT2D eigenvalue weighted by Crippen LogP contribution is -2.22. The van der Waals surface area contributed by atoms with Gasteiger partial charge in [-0.2, -0.15) is 0 Å². The molecule has 0 bridgehead atoms. The molecule has 0 aliphatic heterocycles. The van der Waals surface area contributed by atoms with Crippen molar-refractivity contribution in [3.63, 3.8) is 0 Å². The number of benzene rings is 1. The number of hydrogen-bond donors (Lipinski definition) is 3. The third-order valence-electron chi connectivity index (χ3n) is 2.66. The number of aryl methyl sites for hydroxylation is 1. The van der Waals surface area contributed by atoms with Crippen LogP contribution < -0.4 is 16.0 Å².